The summed E-state index contributed by atoms with van der Waals surface area (Å²) in [5.41, 5.74) is 2.45. The lowest BCUT2D eigenvalue weighted by atomic mass is 9.98. The molecule has 1 fully saturated rings. The highest BCUT2D eigenvalue weighted by Gasteiger charge is 2.31. The average molecular weight is 352 g/mol. The van der Waals surface area contributed by atoms with Crippen LogP contribution < -0.4 is 0 Å². The van der Waals surface area contributed by atoms with Gasteiger partial charge in [-0.3, -0.25) is 14.5 Å². The summed E-state index contributed by atoms with van der Waals surface area (Å²) in [6.07, 6.45) is 4.91. The summed E-state index contributed by atoms with van der Waals surface area (Å²) in [7, 11) is 1.84. The largest absolute Gasteiger partial charge is 0.329 e. The zero-order valence-electron chi connectivity index (χ0n) is 14.1. The Labute approximate surface area is 150 Å². The number of amides is 1. The van der Waals surface area contributed by atoms with Gasteiger partial charge in [-0.15, -0.1) is 11.3 Å². The van der Waals surface area contributed by atoms with Gasteiger partial charge in [-0.1, -0.05) is 12.1 Å². The van der Waals surface area contributed by atoms with Crippen molar-refractivity contribution < 1.29 is 4.79 Å². The van der Waals surface area contributed by atoms with Gasteiger partial charge in [0.15, 0.2) is 0 Å². The van der Waals surface area contributed by atoms with E-state index in [0.29, 0.717) is 5.69 Å². The molecule has 1 unspecified atom stereocenters. The van der Waals surface area contributed by atoms with E-state index in [-0.39, 0.29) is 11.9 Å². The van der Waals surface area contributed by atoms with Crippen LogP contribution in [0.2, 0.25) is 0 Å². The van der Waals surface area contributed by atoms with Crippen LogP contribution in [-0.2, 0) is 7.05 Å². The molecule has 0 spiro atoms. The molecule has 4 heterocycles. The van der Waals surface area contributed by atoms with Crippen molar-refractivity contribution in [2.75, 3.05) is 6.54 Å². The molecule has 1 saturated heterocycles. The number of carbonyl (C=O) groups is 1. The van der Waals surface area contributed by atoms with Crippen LogP contribution in [0.3, 0.4) is 0 Å². The second kappa shape index (κ2) is 6.80. The number of hydrogen-bond donors (Lipinski definition) is 0. The first-order valence-electron chi connectivity index (χ1n) is 8.54. The Balaban J connectivity index is 1.65. The minimum Gasteiger partial charge on any atom is -0.329 e. The Morgan fingerprint density at radius 1 is 1.24 bits per heavy atom. The van der Waals surface area contributed by atoms with Crippen molar-refractivity contribution in [3.8, 4) is 10.6 Å². The molecule has 25 heavy (non-hydrogen) atoms. The maximum atomic E-state index is 13.2. The van der Waals surface area contributed by atoms with Crippen LogP contribution in [0.15, 0.2) is 48.0 Å². The lowest BCUT2D eigenvalue weighted by Gasteiger charge is -2.35. The highest BCUT2D eigenvalue weighted by Crippen LogP contribution is 2.32. The summed E-state index contributed by atoms with van der Waals surface area (Å²) in [6, 6.07) is 11.9. The van der Waals surface area contributed by atoms with Crippen molar-refractivity contribution in [3.05, 3.63) is 59.4 Å². The molecule has 3 aromatic heterocycles. The number of thiophene rings is 1. The number of carbonyl (C=O) groups excluding carboxylic acids is 1. The van der Waals surface area contributed by atoms with Crippen molar-refractivity contribution >= 4 is 17.2 Å². The third-order valence-electron chi connectivity index (χ3n) is 4.67. The summed E-state index contributed by atoms with van der Waals surface area (Å²) in [5.74, 6) is 0.0353. The maximum Gasteiger partial charge on any atom is 0.272 e. The predicted octanol–water partition coefficient (Wildman–Crippen LogP) is 3.91. The van der Waals surface area contributed by atoms with E-state index in [0.717, 1.165) is 42.1 Å². The molecule has 0 saturated carbocycles. The second-order valence-corrected chi connectivity index (χ2v) is 7.23. The molecule has 1 amide bonds. The van der Waals surface area contributed by atoms with Crippen molar-refractivity contribution in [2.24, 2.45) is 7.05 Å². The normalized spacial score (nSPS) is 17.6. The first-order chi connectivity index (χ1) is 12.2. The van der Waals surface area contributed by atoms with E-state index < -0.39 is 0 Å². The SMILES string of the molecule is Cn1nc(-c2cccs2)cc1C(=O)N1CCCCC1c1ccccn1. The fourth-order valence-corrected chi connectivity index (χ4v) is 4.10. The minimum atomic E-state index is 0.0353. The Bertz CT molecular complexity index is 857. The number of hydrogen-bond acceptors (Lipinski definition) is 4. The van der Waals surface area contributed by atoms with Gasteiger partial charge in [0, 0.05) is 19.8 Å². The number of likely N-dealkylation sites (tertiary alicyclic amines) is 1. The summed E-state index contributed by atoms with van der Waals surface area (Å²) in [6.45, 7) is 0.763. The van der Waals surface area contributed by atoms with Crippen LogP contribution in [0.1, 0.15) is 41.5 Å². The zero-order valence-corrected chi connectivity index (χ0v) is 14.9. The summed E-state index contributed by atoms with van der Waals surface area (Å²) in [5, 5.41) is 6.55. The summed E-state index contributed by atoms with van der Waals surface area (Å²) < 4.78 is 1.70. The van der Waals surface area contributed by atoms with Crippen molar-refractivity contribution in [2.45, 2.75) is 25.3 Å². The first kappa shape index (κ1) is 16.0. The van der Waals surface area contributed by atoms with E-state index in [1.54, 1.807) is 22.2 Å². The van der Waals surface area contributed by atoms with Gasteiger partial charge >= 0.3 is 0 Å². The topological polar surface area (TPSA) is 51.0 Å². The number of aryl methyl sites for hydroxylation is 1. The fourth-order valence-electron chi connectivity index (χ4n) is 3.41. The molecule has 0 aromatic carbocycles. The number of pyridine rings is 1. The van der Waals surface area contributed by atoms with E-state index in [4.69, 9.17) is 0 Å². The molecular formula is C19H20N4OS. The van der Waals surface area contributed by atoms with Crippen LogP contribution in [0, 0.1) is 0 Å². The van der Waals surface area contributed by atoms with Gasteiger partial charge in [-0.05, 0) is 48.9 Å². The van der Waals surface area contributed by atoms with Gasteiger partial charge in [-0.25, -0.2) is 0 Å². The quantitative estimate of drug-likeness (QED) is 0.718. The monoisotopic (exact) mass is 352 g/mol. The smallest absolute Gasteiger partial charge is 0.272 e. The average Bonchev–Trinajstić information content (AvgIpc) is 3.31. The predicted molar refractivity (Wildman–Crippen MR) is 98.4 cm³/mol. The molecule has 1 aliphatic rings. The molecule has 0 bridgehead atoms. The van der Waals surface area contributed by atoms with Crippen molar-refractivity contribution in [1.29, 1.82) is 0 Å². The zero-order chi connectivity index (χ0) is 17.2. The second-order valence-electron chi connectivity index (χ2n) is 6.28. The van der Waals surface area contributed by atoms with Crippen molar-refractivity contribution in [1.82, 2.24) is 19.7 Å². The first-order valence-corrected chi connectivity index (χ1v) is 9.42. The lowest BCUT2D eigenvalue weighted by Crippen LogP contribution is -2.39. The molecule has 0 radical (unpaired) electrons. The molecule has 1 atom stereocenters. The molecule has 128 valence electrons. The Kier molecular flexibility index (Phi) is 4.36. The lowest BCUT2D eigenvalue weighted by molar-refractivity contribution is 0.0594. The molecule has 0 N–H and O–H groups in total. The molecule has 6 heteroatoms. The minimum absolute atomic E-state index is 0.0353. The molecule has 0 aliphatic carbocycles. The van der Waals surface area contributed by atoms with Gasteiger partial charge in [0.25, 0.3) is 5.91 Å². The number of rotatable bonds is 3. The van der Waals surface area contributed by atoms with Gasteiger partial charge in [-0.2, -0.15) is 5.10 Å². The molecule has 5 nitrogen and oxygen atoms in total. The van der Waals surface area contributed by atoms with E-state index >= 15 is 0 Å². The Hall–Kier alpha value is -2.47. The van der Waals surface area contributed by atoms with Gasteiger partial charge < -0.3 is 4.90 Å². The maximum absolute atomic E-state index is 13.2. The van der Waals surface area contributed by atoms with E-state index in [9.17, 15) is 4.79 Å². The number of piperidine rings is 1. The van der Waals surface area contributed by atoms with Gasteiger partial charge in [0.1, 0.15) is 11.4 Å². The van der Waals surface area contributed by atoms with E-state index in [2.05, 4.69) is 10.1 Å². The highest BCUT2D eigenvalue weighted by molar-refractivity contribution is 7.13. The summed E-state index contributed by atoms with van der Waals surface area (Å²) in [4.78, 5) is 20.7. The van der Waals surface area contributed by atoms with Gasteiger partial charge in [0.05, 0.1) is 16.6 Å². The molecule has 1 aliphatic heterocycles. The van der Waals surface area contributed by atoms with Crippen LogP contribution >= 0.6 is 11.3 Å². The Morgan fingerprint density at radius 3 is 2.92 bits per heavy atom. The number of aromatic nitrogens is 3. The van der Waals surface area contributed by atoms with Crippen LogP contribution in [0.25, 0.3) is 10.6 Å². The van der Waals surface area contributed by atoms with E-state index in [1.807, 2.05) is 53.7 Å². The highest BCUT2D eigenvalue weighted by atomic mass is 32.1. The third-order valence-corrected chi connectivity index (χ3v) is 5.56. The standard InChI is InChI=1S/C19H20N4OS/c1-22-17(13-15(21-22)18-9-6-12-25-18)19(24)23-11-5-3-8-16(23)14-7-2-4-10-20-14/h2,4,6-7,9-10,12-13,16H,3,5,8,11H2,1H3. The van der Waals surface area contributed by atoms with Crippen molar-refractivity contribution in [3.63, 3.8) is 0 Å². The molecule has 3 aromatic rings. The summed E-state index contributed by atoms with van der Waals surface area (Å²) >= 11 is 1.63. The van der Waals surface area contributed by atoms with Crippen LogP contribution in [0.5, 0.6) is 0 Å². The number of nitrogens with zero attached hydrogens (tertiary/aromatic N) is 4. The fraction of sp³-hybridized carbons (Fsp3) is 0.316. The van der Waals surface area contributed by atoms with Crippen LogP contribution in [0.4, 0.5) is 0 Å². The van der Waals surface area contributed by atoms with Gasteiger partial charge in [0.2, 0.25) is 0 Å². The Morgan fingerprint density at radius 2 is 2.16 bits per heavy atom. The molecular weight excluding hydrogens is 332 g/mol. The van der Waals surface area contributed by atoms with E-state index in [1.165, 1.54) is 0 Å². The molecule has 4 rings (SSSR count). The van der Waals surface area contributed by atoms with Crippen LogP contribution in [-0.4, -0.2) is 32.1 Å². The third kappa shape index (κ3) is 3.09.